The third kappa shape index (κ3) is 4.95. The largest absolute Gasteiger partial charge is 0.365 e. The summed E-state index contributed by atoms with van der Waals surface area (Å²) in [5.41, 5.74) is 4.29. The van der Waals surface area contributed by atoms with E-state index >= 15 is 0 Å². The van der Waals surface area contributed by atoms with Crippen LogP contribution in [0.2, 0.25) is 0 Å². The fourth-order valence-electron chi connectivity index (χ4n) is 2.97. The van der Waals surface area contributed by atoms with E-state index in [0.29, 0.717) is 18.9 Å². The zero-order valence-corrected chi connectivity index (χ0v) is 16.1. The number of aromatic nitrogens is 2. The Labute approximate surface area is 159 Å². The second kappa shape index (κ2) is 8.81. The maximum atomic E-state index is 14.8. The van der Waals surface area contributed by atoms with Gasteiger partial charge in [0.25, 0.3) is 0 Å². The van der Waals surface area contributed by atoms with Crippen molar-refractivity contribution < 1.29 is 4.39 Å². The van der Waals surface area contributed by atoms with Crippen LogP contribution in [0.1, 0.15) is 35.9 Å². The quantitative estimate of drug-likeness (QED) is 0.668. The van der Waals surface area contributed by atoms with Crippen LogP contribution >= 0.6 is 0 Å². The number of halogens is 1. The smallest absolute Gasteiger partial charge is 0.179 e. The van der Waals surface area contributed by atoms with Crippen LogP contribution in [0, 0.1) is 13.8 Å². The molecule has 0 aliphatic carbocycles. The number of rotatable bonds is 8. The molecule has 7 heteroatoms. The molecular formula is C20H27FN6. The number of benzene rings is 1. The molecule has 0 saturated heterocycles. The van der Waals surface area contributed by atoms with E-state index in [2.05, 4.69) is 33.0 Å². The average Bonchev–Trinajstić information content (AvgIpc) is 3.01. The highest BCUT2D eigenvalue weighted by Gasteiger charge is 2.21. The molecular weight excluding hydrogens is 343 g/mol. The van der Waals surface area contributed by atoms with E-state index in [1.54, 1.807) is 0 Å². The van der Waals surface area contributed by atoms with Crippen LogP contribution in [0.4, 0.5) is 4.39 Å². The molecule has 1 aromatic carbocycles. The Bertz CT molecular complexity index is 821. The topological polar surface area (TPSA) is 66.3 Å². The number of nitrogens with zero attached hydrogens (tertiary/aromatic N) is 3. The molecule has 2 aromatic rings. The number of aryl methyl sites for hydroxylation is 3. The van der Waals surface area contributed by atoms with Crippen molar-refractivity contribution in [2.45, 2.75) is 53.0 Å². The zero-order valence-electron chi connectivity index (χ0n) is 16.1. The fourth-order valence-corrected chi connectivity index (χ4v) is 2.97. The number of hydrogen-bond acceptors (Lipinski definition) is 5. The highest BCUT2D eigenvalue weighted by molar-refractivity contribution is 5.60. The third-order valence-corrected chi connectivity index (χ3v) is 4.40. The van der Waals surface area contributed by atoms with Gasteiger partial charge in [-0.1, -0.05) is 36.8 Å². The molecule has 0 amide bonds. The molecule has 1 aromatic heterocycles. The predicted octanol–water partition coefficient (Wildman–Crippen LogP) is 2.89. The van der Waals surface area contributed by atoms with Gasteiger partial charge in [-0.3, -0.25) is 10.00 Å². The van der Waals surface area contributed by atoms with Crippen molar-refractivity contribution in [2.75, 3.05) is 0 Å². The van der Waals surface area contributed by atoms with Crippen molar-refractivity contribution in [3.63, 3.8) is 0 Å². The van der Waals surface area contributed by atoms with Crippen molar-refractivity contribution >= 4 is 6.34 Å². The van der Waals surface area contributed by atoms with E-state index in [9.17, 15) is 4.39 Å². The van der Waals surface area contributed by atoms with Crippen LogP contribution in [0.3, 0.4) is 0 Å². The van der Waals surface area contributed by atoms with E-state index in [0.717, 1.165) is 29.9 Å². The van der Waals surface area contributed by atoms with Gasteiger partial charge in [-0.25, -0.2) is 9.38 Å². The lowest BCUT2D eigenvalue weighted by molar-refractivity contribution is 0.436. The summed E-state index contributed by atoms with van der Waals surface area (Å²) >= 11 is 0. The van der Waals surface area contributed by atoms with Crippen molar-refractivity contribution in [3.05, 3.63) is 64.5 Å². The molecule has 3 rings (SSSR count). The summed E-state index contributed by atoms with van der Waals surface area (Å²) in [6.07, 6.45) is 1.81. The Hall–Kier alpha value is -2.67. The first-order valence-corrected chi connectivity index (χ1v) is 9.30. The van der Waals surface area contributed by atoms with Crippen LogP contribution in [0.15, 0.2) is 47.0 Å². The highest BCUT2D eigenvalue weighted by atomic mass is 19.1. The summed E-state index contributed by atoms with van der Waals surface area (Å²) in [6.45, 7) is 8.01. The summed E-state index contributed by atoms with van der Waals surface area (Å²) in [6, 6.07) is 10.2. The molecule has 0 fully saturated rings. The third-order valence-electron chi connectivity index (χ3n) is 4.40. The van der Waals surface area contributed by atoms with Gasteiger partial charge in [-0.2, -0.15) is 5.10 Å². The first-order chi connectivity index (χ1) is 13.1. The monoisotopic (exact) mass is 370 g/mol. The van der Waals surface area contributed by atoms with Crippen molar-refractivity contribution in [1.82, 2.24) is 25.7 Å². The van der Waals surface area contributed by atoms with E-state index in [1.165, 1.54) is 11.9 Å². The summed E-state index contributed by atoms with van der Waals surface area (Å²) in [4.78, 5) is 4.18. The Morgan fingerprint density at radius 2 is 1.96 bits per heavy atom. The van der Waals surface area contributed by atoms with Gasteiger partial charge in [0.05, 0.1) is 17.7 Å². The predicted molar refractivity (Wildman–Crippen MR) is 106 cm³/mol. The Balaban J connectivity index is 1.61. The van der Waals surface area contributed by atoms with Gasteiger partial charge in [-0.15, -0.1) is 0 Å². The van der Waals surface area contributed by atoms with Gasteiger partial charge < -0.3 is 10.6 Å². The maximum Gasteiger partial charge on any atom is 0.179 e. The second-order valence-corrected chi connectivity index (χ2v) is 6.77. The molecule has 3 N–H and O–H groups in total. The lowest BCUT2D eigenvalue weighted by atomic mass is 10.1. The molecule has 1 atom stereocenters. The van der Waals surface area contributed by atoms with Crippen LogP contribution in [-0.4, -0.2) is 22.3 Å². The molecule has 27 heavy (non-hydrogen) atoms. The Morgan fingerprint density at radius 3 is 2.70 bits per heavy atom. The lowest BCUT2D eigenvalue weighted by Gasteiger charge is -2.21. The summed E-state index contributed by atoms with van der Waals surface area (Å²) in [5, 5.41) is 13.6. The molecule has 1 aliphatic heterocycles. The van der Waals surface area contributed by atoms with Gasteiger partial charge in [0.1, 0.15) is 5.82 Å². The standard InChI is InChI=1S/C20H27FN6/c1-4-9-27-17(10-15(3)26-27)12-23-20-18(21)19(24-13-25-20)22-11-16-7-5-14(2)6-8-16/h5-8,10,13,20,22-23H,4,9,11-12H2,1-3H3,(H,24,25). The van der Waals surface area contributed by atoms with E-state index in [-0.39, 0.29) is 5.83 Å². The van der Waals surface area contributed by atoms with Gasteiger partial charge in [0.15, 0.2) is 12.0 Å². The SMILES string of the molecule is CCCn1nc(C)cc1CNC1N=CNC(NCc2ccc(C)cc2)=C1F. The molecule has 0 bridgehead atoms. The lowest BCUT2D eigenvalue weighted by Crippen LogP contribution is -2.38. The highest BCUT2D eigenvalue weighted by Crippen LogP contribution is 2.14. The molecule has 1 aliphatic rings. The van der Waals surface area contributed by atoms with Crippen molar-refractivity contribution in [3.8, 4) is 0 Å². The number of hydrogen-bond donors (Lipinski definition) is 3. The first-order valence-electron chi connectivity index (χ1n) is 9.30. The van der Waals surface area contributed by atoms with Crippen LogP contribution in [-0.2, 0) is 19.6 Å². The van der Waals surface area contributed by atoms with Crippen LogP contribution in [0.5, 0.6) is 0 Å². The number of aliphatic imine (C=N–C) groups is 1. The van der Waals surface area contributed by atoms with Gasteiger partial charge in [-0.05, 0) is 31.9 Å². The molecule has 6 nitrogen and oxygen atoms in total. The van der Waals surface area contributed by atoms with E-state index in [1.807, 2.05) is 48.9 Å². The number of nitrogens with one attached hydrogen (secondary N) is 3. The minimum atomic E-state index is -0.711. The minimum absolute atomic E-state index is 0.345. The van der Waals surface area contributed by atoms with E-state index < -0.39 is 6.17 Å². The molecule has 2 heterocycles. The summed E-state index contributed by atoms with van der Waals surface area (Å²) in [7, 11) is 0. The molecule has 0 radical (unpaired) electrons. The van der Waals surface area contributed by atoms with E-state index in [4.69, 9.17) is 0 Å². The second-order valence-electron chi connectivity index (χ2n) is 6.77. The fraction of sp³-hybridized carbons (Fsp3) is 0.400. The van der Waals surface area contributed by atoms with Crippen LogP contribution in [0.25, 0.3) is 0 Å². The minimum Gasteiger partial charge on any atom is -0.365 e. The first kappa shape index (κ1) is 19.1. The Morgan fingerprint density at radius 1 is 1.19 bits per heavy atom. The normalized spacial score (nSPS) is 16.5. The Kier molecular flexibility index (Phi) is 6.24. The van der Waals surface area contributed by atoms with Gasteiger partial charge >= 0.3 is 0 Å². The average molecular weight is 370 g/mol. The molecule has 144 valence electrons. The van der Waals surface area contributed by atoms with Crippen LogP contribution < -0.4 is 16.0 Å². The van der Waals surface area contributed by atoms with Crippen molar-refractivity contribution in [1.29, 1.82) is 0 Å². The summed E-state index contributed by atoms with van der Waals surface area (Å²) < 4.78 is 16.8. The maximum absolute atomic E-state index is 14.8. The van der Waals surface area contributed by atoms with Crippen molar-refractivity contribution in [2.24, 2.45) is 4.99 Å². The molecule has 1 unspecified atom stereocenters. The zero-order chi connectivity index (χ0) is 19.2. The molecule has 0 saturated carbocycles. The van der Waals surface area contributed by atoms with Gasteiger partial charge in [0.2, 0.25) is 0 Å². The summed E-state index contributed by atoms with van der Waals surface area (Å²) in [5.74, 6) is 0.00390. The molecule has 0 spiro atoms. The van der Waals surface area contributed by atoms with Gasteiger partial charge in [0, 0.05) is 19.6 Å².